The largest absolute Gasteiger partial charge is 0.496 e. The van der Waals surface area contributed by atoms with Crippen molar-refractivity contribution in [2.24, 2.45) is 5.73 Å². The SMILES string of the molecule is CCc1cc(Cl)cc(C(C)Nc2cc(N3CC[C@H](N)C3)ccc2S(C)(=O)=O)c1OC. The molecule has 1 aliphatic heterocycles. The molecule has 1 fully saturated rings. The van der Waals surface area contributed by atoms with Crippen molar-refractivity contribution < 1.29 is 13.2 Å². The zero-order valence-electron chi connectivity index (χ0n) is 17.9. The molecule has 1 heterocycles. The summed E-state index contributed by atoms with van der Waals surface area (Å²) in [7, 11) is -1.78. The Hall–Kier alpha value is -1.96. The number of halogens is 1. The van der Waals surface area contributed by atoms with Crippen LogP contribution in [0.2, 0.25) is 5.02 Å². The zero-order chi connectivity index (χ0) is 22.1. The Morgan fingerprint density at radius 1 is 1.33 bits per heavy atom. The van der Waals surface area contributed by atoms with Gasteiger partial charge in [-0.2, -0.15) is 0 Å². The van der Waals surface area contributed by atoms with Crippen LogP contribution in [0.3, 0.4) is 0 Å². The van der Waals surface area contributed by atoms with Gasteiger partial charge in [0.05, 0.1) is 23.7 Å². The van der Waals surface area contributed by atoms with Crippen LogP contribution in [0.5, 0.6) is 5.75 Å². The molecule has 0 bridgehead atoms. The minimum absolute atomic E-state index is 0.137. The van der Waals surface area contributed by atoms with Gasteiger partial charge in [-0.3, -0.25) is 0 Å². The number of sulfone groups is 1. The number of rotatable bonds is 7. The van der Waals surface area contributed by atoms with Crippen molar-refractivity contribution in [3.05, 3.63) is 46.5 Å². The molecule has 0 amide bonds. The number of hydrogen-bond acceptors (Lipinski definition) is 6. The normalized spacial score (nSPS) is 17.8. The molecule has 0 radical (unpaired) electrons. The molecule has 2 aromatic carbocycles. The first kappa shape index (κ1) is 22.7. The van der Waals surface area contributed by atoms with E-state index in [1.807, 2.05) is 38.1 Å². The van der Waals surface area contributed by atoms with Gasteiger partial charge in [0.1, 0.15) is 5.75 Å². The van der Waals surface area contributed by atoms with E-state index in [2.05, 4.69) is 10.2 Å². The summed E-state index contributed by atoms with van der Waals surface area (Å²) in [6.45, 7) is 5.63. The number of methoxy groups -OCH3 is 1. The third-order valence-electron chi connectivity index (χ3n) is 5.54. The average molecular weight is 452 g/mol. The number of nitrogens with two attached hydrogens (primary N) is 1. The van der Waals surface area contributed by atoms with Gasteiger partial charge in [-0.1, -0.05) is 18.5 Å². The second kappa shape index (κ2) is 9.04. The first-order valence-corrected chi connectivity index (χ1v) is 12.4. The monoisotopic (exact) mass is 451 g/mol. The molecule has 6 nitrogen and oxygen atoms in total. The van der Waals surface area contributed by atoms with Crippen LogP contribution in [0.4, 0.5) is 11.4 Å². The minimum Gasteiger partial charge on any atom is -0.496 e. The molecular formula is C22H30ClN3O3S. The van der Waals surface area contributed by atoms with E-state index in [9.17, 15) is 8.42 Å². The topological polar surface area (TPSA) is 84.7 Å². The van der Waals surface area contributed by atoms with E-state index in [-0.39, 0.29) is 17.0 Å². The Morgan fingerprint density at radius 3 is 2.63 bits per heavy atom. The molecule has 0 spiro atoms. The van der Waals surface area contributed by atoms with E-state index in [1.54, 1.807) is 13.2 Å². The van der Waals surface area contributed by atoms with Crippen LogP contribution in [0.15, 0.2) is 35.2 Å². The van der Waals surface area contributed by atoms with Gasteiger partial charge in [0, 0.05) is 41.7 Å². The maximum Gasteiger partial charge on any atom is 0.177 e. The molecule has 2 aromatic rings. The van der Waals surface area contributed by atoms with Crippen molar-refractivity contribution in [2.75, 3.05) is 36.7 Å². The first-order valence-electron chi connectivity index (χ1n) is 10.1. The van der Waals surface area contributed by atoms with Gasteiger partial charge < -0.3 is 20.7 Å². The van der Waals surface area contributed by atoms with Crippen molar-refractivity contribution in [1.29, 1.82) is 0 Å². The molecule has 164 valence electrons. The molecule has 1 unspecified atom stereocenters. The summed E-state index contributed by atoms with van der Waals surface area (Å²) in [6.07, 6.45) is 2.92. The Bertz CT molecular complexity index is 1030. The Balaban J connectivity index is 2.01. The van der Waals surface area contributed by atoms with Gasteiger partial charge in [-0.05, 0) is 55.7 Å². The standard InChI is InChI=1S/C22H30ClN3O3S/c1-5-15-10-16(23)11-19(22(15)29-3)14(2)25-20-12-18(26-9-8-17(24)13-26)6-7-21(20)30(4,27)28/h6-7,10-12,14,17,25H,5,8-9,13,24H2,1-4H3/t14?,17-/m0/s1. The summed E-state index contributed by atoms with van der Waals surface area (Å²) in [5.74, 6) is 0.768. The molecule has 2 atom stereocenters. The highest BCUT2D eigenvalue weighted by Crippen LogP contribution is 2.37. The molecule has 1 saturated heterocycles. The number of nitrogens with zero attached hydrogens (tertiary/aromatic N) is 1. The van der Waals surface area contributed by atoms with Crippen LogP contribution in [0.25, 0.3) is 0 Å². The van der Waals surface area contributed by atoms with Gasteiger partial charge in [-0.15, -0.1) is 0 Å². The quantitative estimate of drug-likeness (QED) is 0.661. The molecule has 0 aliphatic carbocycles. The molecule has 1 aliphatic rings. The van der Waals surface area contributed by atoms with Crippen LogP contribution in [-0.2, 0) is 16.3 Å². The lowest BCUT2D eigenvalue weighted by atomic mass is 10.0. The second-order valence-corrected chi connectivity index (χ2v) is 10.3. The third kappa shape index (κ3) is 4.85. The Labute approximate surface area is 184 Å². The van der Waals surface area contributed by atoms with Crippen LogP contribution < -0.4 is 20.7 Å². The zero-order valence-corrected chi connectivity index (χ0v) is 19.5. The average Bonchev–Trinajstić information content (AvgIpc) is 3.12. The lowest BCUT2D eigenvalue weighted by Gasteiger charge is -2.24. The van der Waals surface area contributed by atoms with Crippen LogP contribution in [0.1, 0.15) is 37.4 Å². The third-order valence-corrected chi connectivity index (χ3v) is 6.91. The first-order chi connectivity index (χ1) is 14.1. The maximum atomic E-state index is 12.4. The number of ether oxygens (including phenoxy) is 1. The number of aryl methyl sites for hydroxylation is 1. The van der Waals surface area contributed by atoms with Crippen molar-refractivity contribution in [3.63, 3.8) is 0 Å². The molecule has 8 heteroatoms. The van der Waals surface area contributed by atoms with E-state index in [0.29, 0.717) is 10.7 Å². The highest BCUT2D eigenvalue weighted by atomic mass is 35.5. The fourth-order valence-corrected chi connectivity index (χ4v) is 5.07. The number of hydrogen-bond donors (Lipinski definition) is 2. The van der Waals surface area contributed by atoms with Crippen molar-refractivity contribution in [1.82, 2.24) is 0 Å². The predicted octanol–water partition coefficient (Wildman–Crippen LogP) is 4.03. The summed E-state index contributed by atoms with van der Waals surface area (Å²) in [5.41, 5.74) is 9.46. The fraction of sp³-hybridized carbons (Fsp3) is 0.455. The molecular weight excluding hydrogens is 422 g/mol. The summed E-state index contributed by atoms with van der Waals surface area (Å²) >= 11 is 6.34. The van der Waals surface area contributed by atoms with Gasteiger partial charge in [0.15, 0.2) is 9.84 Å². The molecule has 3 N–H and O–H groups in total. The lowest BCUT2D eigenvalue weighted by Crippen LogP contribution is -2.26. The molecule has 0 saturated carbocycles. The molecule has 30 heavy (non-hydrogen) atoms. The van der Waals surface area contributed by atoms with Gasteiger partial charge >= 0.3 is 0 Å². The number of nitrogens with one attached hydrogen (secondary N) is 1. The van der Waals surface area contributed by atoms with Gasteiger partial charge in [-0.25, -0.2) is 8.42 Å². The van der Waals surface area contributed by atoms with E-state index in [1.165, 1.54) is 6.26 Å². The Morgan fingerprint density at radius 2 is 2.07 bits per heavy atom. The molecule has 3 rings (SSSR count). The lowest BCUT2D eigenvalue weighted by molar-refractivity contribution is 0.403. The Kier molecular flexibility index (Phi) is 6.84. The predicted molar refractivity (Wildman–Crippen MR) is 124 cm³/mol. The van der Waals surface area contributed by atoms with Gasteiger partial charge in [0.2, 0.25) is 0 Å². The van der Waals surface area contributed by atoms with Crippen molar-refractivity contribution in [3.8, 4) is 5.75 Å². The van der Waals surface area contributed by atoms with E-state index >= 15 is 0 Å². The van der Waals surface area contributed by atoms with Crippen molar-refractivity contribution in [2.45, 2.75) is 43.7 Å². The van der Waals surface area contributed by atoms with Crippen molar-refractivity contribution >= 4 is 32.8 Å². The summed E-state index contributed by atoms with van der Waals surface area (Å²) < 4.78 is 30.5. The van der Waals surface area contributed by atoms with Crippen LogP contribution in [0, 0.1) is 0 Å². The van der Waals surface area contributed by atoms with Crippen LogP contribution in [-0.4, -0.2) is 40.9 Å². The second-order valence-electron chi connectivity index (χ2n) is 7.85. The molecule has 0 aromatic heterocycles. The highest BCUT2D eigenvalue weighted by molar-refractivity contribution is 7.90. The maximum absolute atomic E-state index is 12.4. The number of benzene rings is 2. The van der Waals surface area contributed by atoms with E-state index < -0.39 is 9.84 Å². The highest BCUT2D eigenvalue weighted by Gasteiger charge is 2.23. The van der Waals surface area contributed by atoms with E-state index in [0.717, 1.165) is 48.5 Å². The summed E-state index contributed by atoms with van der Waals surface area (Å²) in [4.78, 5) is 2.44. The van der Waals surface area contributed by atoms with E-state index in [4.69, 9.17) is 22.1 Å². The summed E-state index contributed by atoms with van der Waals surface area (Å²) in [6, 6.07) is 9.08. The summed E-state index contributed by atoms with van der Waals surface area (Å²) in [5, 5.41) is 4.01. The van der Waals surface area contributed by atoms with Gasteiger partial charge in [0.25, 0.3) is 0 Å². The van der Waals surface area contributed by atoms with Crippen LogP contribution >= 0.6 is 11.6 Å². The smallest absolute Gasteiger partial charge is 0.177 e. The minimum atomic E-state index is -3.41. The fourth-order valence-electron chi connectivity index (χ4n) is 3.99. The number of anilines is 2.